The molecule has 5 aliphatic carbocycles. The molecule has 3 unspecified atom stereocenters. The first-order valence-electron chi connectivity index (χ1n) is 16.6. The Kier molecular flexibility index (Phi) is 5.75. The van der Waals surface area contributed by atoms with E-state index in [0.717, 1.165) is 32.1 Å². The molecule has 0 N–H and O–H groups in total. The van der Waals surface area contributed by atoms with Crippen LogP contribution < -0.4 is 0 Å². The molecular formula is C44H34S. The van der Waals surface area contributed by atoms with Crippen molar-refractivity contribution in [1.29, 1.82) is 0 Å². The standard InChI is InChI=1S/C44H34S/c1-4-13-36-31(9-1)32-10-2-5-14-37(32)44-39-24-22-29(25-40(39)33-11-3-6-15-38(33)43(36)44)27-17-19-28(20-18-27)30-21-23-35-34-12-7-8-16-41(34)45-42(35)26-30/h2,4-8,10,12-25,30,43-44H,1,3,9,11,26H2. The van der Waals surface area contributed by atoms with Crippen molar-refractivity contribution in [3.8, 4) is 11.1 Å². The molecule has 0 amide bonds. The number of hydrogen-bond donors (Lipinski definition) is 0. The van der Waals surface area contributed by atoms with Crippen LogP contribution >= 0.6 is 11.3 Å². The molecule has 0 nitrogen and oxygen atoms in total. The second-order valence-electron chi connectivity index (χ2n) is 13.3. The van der Waals surface area contributed by atoms with Gasteiger partial charge in [0.25, 0.3) is 0 Å². The number of benzene rings is 4. The van der Waals surface area contributed by atoms with E-state index in [0.29, 0.717) is 17.8 Å². The van der Waals surface area contributed by atoms with Gasteiger partial charge in [-0.05, 0) is 116 Å². The van der Waals surface area contributed by atoms with Crippen LogP contribution in [0.15, 0.2) is 133 Å². The Hall–Kier alpha value is -4.46. The molecule has 45 heavy (non-hydrogen) atoms. The predicted octanol–water partition coefficient (Wildman–Crippen LogP) is 11.9. The van der Waals surface area contributed by atoms with Gasteiger partial charge in [-0.25, -0.2) is 0 Å². The Morgan fingerprint density at radius 1 is 0.600 bits per heavy atom. The van der Waals surface area contributed by atoms with E-state index in [4.69, 9.17) is 0 Å². The van der Waals surface area contributed by atoms with Crippen molar-refractivity contribution in [3.05, 3.63) is 171 Å². The van der Waals surface area contributed by atoms with Crippen molar-refractivity contribution in [3.63, 3.8) is 0 Å². The highest BCUT2D eigenvalue weighted by Gasteiger charge is 2.42. The van der Waals surface area contributed by atoms with E-state index in [1.165, 1.54) is 59.5 Å². The molecule has 216 valence electrons. The van der Waals surface area contributed by atoms with Crippen LogP contribution in [-0.2, 0) is 6.42 Å². The van der Waals surface area contributed by atoms with Gasteiger partial charge in [0, 0.05) is 27.3 Å². The summed E-state index contributed by atoms with van der Waals surface area (Å²) in [5.41, 5.74) is 17.7. The minimum atomic E-state index is 0.368. The van der Waals surface area contributed by atoms with Crippen LogP contribution in [0.5, 0.6) is 0 Å². The predicted molar refractivity (Wildman–Crippen MR) is 192 cm³/mol. The summed E-state index contributed by atoms with van der Waals surface area (Å²) >= 11 is 1.96. The maximum Gasteiger partial charge on any atom is 0.0351 e. The van der Waals surface area contributed by atoms with Crippen LogP contribution in [0.4, 0.5) is 0 Å². The summed E-state index contributed by atoms with van der Waals surface area (Å²) < 4.78 is 1.40. The number of hydrogen-bond acceptors (Lipinski definition) is 1. The largest absolute Gasteiger partial charge is 0.140 e. The van der Waals surface area contributed by atoms with E-state index < -0.39 is 0 Å². The molecule has 5 aliphatic rings. The third-order valence-electron chi connectivity index (χ3n) is 11.0. The van der Waals surface area contributed by atoms with Gasteiger partial charge in [-0.1, -0.05) is 115 Å². The second kappa shape index (κ2) is 10.0. The van der Waals surface area contributed by atoms with Crippen LogP contribution in [0.1, 0.15) is 75.8 Å². The zero-order valence-electron chi connectivity index (χ0n) is 25.3. The average Bonchev–Trinajstić information content (AvgIpc) is 3.49. The molecule has 0 fully saturated rings. The van der Waals surface area contributed by atoms with Gasteiger partial charge in [0.15, 0.2) is 0 Å². The lowest BCUT2D eigenvalue weighted by Gasteiger charge is -2.44. The molecule has 10 rings (SSSR count). The first-order chi connectivity index (χ1) is 22.3. The molecule has 3 atom stereocenters. The Balaban J connectivity index is 1.03. The lowest BCUT2D eigenvalue weighted by atomic mass is 9.59. The van der Waals surface area contributed by atoms with Gasteiger partial charge in [-0.2, -0.15) is 0 Å². The van der Waals surface area contributed by atoms with Gasteiger partial charge < -0.3 is 0 Å². The van der Waals surface area contributed by atoms with Crippen molar-refractivity contribution in [1.82, 2.24) is 0 Å². The van der Waals surface area contributed by atoms with E-state index in [-0.39, 0.29) is 0 Å². The SMILES string of the molecule is C1=CC2=C(CC1)c1ccccc1C1c3ccc(-c4ccc(C5C=Cc6c(sc7ccccc67)C5)cc4)cc3C3=C(C=CCC3)C21. The fourth-order valence-electron chi connectivity index (χ4n) is 8.98. The van der Waals surface area contributed by atoms with Crippen molar-refractivity contribution in [2.24, 2.45) is 5.92 Å². The molecule has 5 aromatic rings. The number of allylic oxidation sites excluding steroid dienone is 9. The van der Waals surface area contributed by atoms with Crippen LogP contribution in [0.25, 0.3) is 38.4 Å². The van der Waals surface area contributed by atoms with Gasteiger partial charge in [-0.15, -0.1) is 11.3 Å². The summed E-state index contributed by atoms with van der Waals surface area (Å²) in [4.78, 5) is 1.52. The smallest absolute Gasteiger partial charge is 0.0351 e. The second-order valence-corrected chi connectivity index (χ2v) is 14.5. The highest BCUT2D eigenvalue weighted by molar-refractivity contribution is 7.19. The molecule has 1 heterocycles. The number of rotatable bonds is 2. The van der Waals surface area contributed by atoms with Crippen molar-refractivity contribution in [2.75, 3.05) is 0 Å². The zero-order chi connectivity index (χ0) is 29.5. The quantitative estimate of drug-likeness (QED) is 0.191. The first-order valence-corrected chi connectivity index (χ1v) is 17.5. The number of fused-ring (bicyclic) bond motifs is 12. The van der Waals surface area contributed by atoms with Crippen molar-refractivity contribution in [2.45, 2.75) is 43.9 Å². The number of thiophene rings is 1. The van der Waals surface area contributed by atoms with E-state index >= 15 is 0 Å². The molecule has 4 aromatic carbocycles. The van der Waals surface area contributed by atoms with E-state index in [1.54, 1.807) is 22.3 Å². The van der Waals surface area contributed by atoms with E-state index in [1.807, 2.05) is 11.3 Å². The molecule has 0 radical (unpaired) electrons. The van der Waals surface area contributed by atoms with Crippen molar-refractivity contribution < 1.29 is 0 Å². The molecule has 0 bridgehead atoms. The summed E-state index contributed by atoms with van der Waals surface area (Å²) in [5.74, 6) is 1.22. The van der Waals surface area contributed by atoms with Crippen LogP contribution in [0.3, 0.4) is 0 Å². The van der Waals surface area contributed by atoms with Crippen LogP contribution in [0.2, 0.25) is 0 Å². The summed E-state index contributed by atoms with van der Waals surface area (Å²) in [6, 6.07) is 34.9. The highest BCUT2D eigenvalue weighted by Crippen LogP contribution is 2.58. The third kappa shape index (κ3) is 3.90. The van der Waals surface area contributed by atoms with Crippen molar-refractivity contribution >= 4 is 38.6 Å². The molecule has 0 saturated carbocycles. The summed E-state index contributed by atoms with van der Waals surface area (Å²) in [6.45, 7) is 0. The third-order valence-corrected chi connectivity index (χ3v) is 12.2. The summed E-state index contributed by atoms with van der Waals surface area (Å²) in [6.07, 6.45) is 20.2. The van der Waals surface area contributed by atoms with Crippen LogP contribution in [0, 0.1) is 5.92 Å². The lowest BCUT2D eigenvalue weighted by molar-refractivity contribution is 0.608. The van der Waals surface area contributed by atoms with E-state index in [2.05, 4.69) is 127 Å². The molecule has 1 heteroatoms. The normalized spacial score (nSPS) is 22.4. The Morgan fingerprint density at radius 3 is 2.16 bits per heavy atom. The summed E-state index contributed by atoms with van der Waals surface area (Å²) in [5, 5.41) is 1.40. The highest BCUT2D eigenvalue weighted by atomic mass is 32.1. The van der Waals surface area contributed by atoms with Crippen LogP contribution in [-0.4, -0.2) is 0 Å². The first kappa shape index (κ1) is 25.8. The molecular weight excluding hydrogens is 561 g/mol. The minimum Gasteiger partial charge on any atom is -0.140 e. The monoisotopic (exact) mass is 594 g/mol. The van der Waals surface area contributed by atoms with Gasteiger partial charge in [-0.3, -0.25) is 0 Å². The van der Waals surface area contributed by atoms with Gasteiger partial charge >= 0.3 is 0 Å². The lowest BCUT2D eigenvalue weighted by Crippen LogP contribution is -2.29. The maximum absolute atomic E-state index is 2.52. The zero-order valence-corrected chi connectivity index (χ0v) is 26.1. The van der Waals surface area contributed by atoms with E-state index in [9.17, 15) is 0 Å². The Labute approximate surface area is 269 Å². The Morgan fingerprint density at radius 2 is 1.31 bits per heavy atom. The Bertz CT molecular complexity index is 2190. The van der Waals surface area contributed by atoms with Gasteiger partial charge in [0.2, 0.25) is 0 Å². The van der Waals surface area contributed by atoms with Gasteiger partial charge in [0.1, 0.15) is 0 Å². The molecule has 0 saturated heterocycles. The van der Waals surface area contributed by atoms with Gasteiger partial charge in [0.05, 0.1) is 0 Å². The fourth-order valence-corrected chi connectivity index (χ4v) is 10.2. The fraction of sp³-hybridized carbons (Fsp3) is 0.182. The minimum absolute atomic E-state index is 0.368. The molecule has 0 spiro atoms. The summed E-state index contributed by atoms with van der Waals surface area (Å²) in [7, 11) is 0. The molecule has 0 aliphatic heterocycles. The molecule has 1 aromatic heterocycles. The maximum atomic E-state index is 2.52. The average molecular weight is 595 g/mol. The topological polar surface area (TPSA) is 0 Å².